The topological polar surface area (TPSA) is 129 Å². The first-order valence-corrected chi connectivity index (χ1v) is 11.1. The highest BCUT2D eigenvalue weighted by atomic mass is 32.1. The molecule has 146 valence electrons. The number of rotatable bonds is 10. The van der Waals surface area contributed by atoms with Gasteiger partial charge in [0.05, 0.1) is 18.2 Å². The first kappa shape index (κ1) is 21.2. The van der Waals surface area contributed by atoms with Crippen molar-refractivity contribution in [2.45, 2.75) is 32.2 Å². The normalized spacial score (nSPS) is 14.3. The minimum absolute atomic E-state index is 0.0611. The van der Waals surface area contributed by atoms with Gasteiger partial charge in [-0.05, 0) is 18.4 Å². The average Bonchev–Trinajstić information content (AvgIpc) is 3.01. The number of benzene rings is 1. The van der Waals surface area contributed by atoms with E-state index in [9.17, 15) is 19.0 Å². The second-order valence-corrected chi connectivity index (χ2v) is 8.97. The highest BCUT2D eigenvalue weighted by molar-refractivity contribution is 7.55. The molecular weight excluding hydrogens is 389 g/mol. The van der Waals surface area contributed by atoms with Crippen molar-refractivity contribution >= 4 is 35.9 Å². The number of amides is 1. The summed E-state index contributed by atoms with van der Waals surface area (Å²) in [7, 11) is -3.66. The van der Waals surface area contributed by atoms with E-state index in [0.717, 1.165) is 16.9 Å². The molecule has 0 radical (unpaired) electrons. The highest BCUT2D eigenvalue weighted by Crippen LogP contribution is 2.37. The van der Waals surface area contributed by atoms with Gasteiger partial charge in [-0.3, -0.25) is 14.2 Å². The van der Waals surface area contributed by atoms with Crippen molar-refractivity contribution in [2.24, 2.45) is 0 Å². The highest BCUT2D eigenvalue weighted by Gasteiger charge is 2.28. The third-order valence-electron chi connectivity index (χ3n) is 3.60. The Hall–Kier alpha value is -2.06. The third kappa shape index (κ3) is 7.22. The number of hydrogen-bond acceptors (Lipinski definition) is 5. The minimum atomic E-state index is -3.66. The smallest absolute Gasteiger partial charge is 0.309 e. The lowest BCUT2D eigenvalue weighted by atomic mass is 10.1. The molecule has 0 aliphatic carbocycles. The Morgan fingerprint density at radius 2 is 2.00 bits per heavy atom. The molecule has 8 nitrogen and oxygen atoms in total. The average molecular weight is 411 g/mol. The molecule has 1 amide bonds. The number of carbonyl (C=O) groups excluding carboxylic acids is 1. The summed E-state index contributed by atoms with van der Waals surface area (Å²) < 4.78 is 12.3. The molecular formula is C17H22N3O5PS. The fourth-order valence-corrected chi connectivity index (χ4v) is 4.59. The number of thiazole rings is 1. The zero-order valence-electron chi connectivity index (χ0n) is 14.8. The molecule has 27 heavy (non-hydrogen) atoms. The van der Waals surface area contributed by atoms with Crippen LogP contribution in [0.5, 0.6) is 0 Å². The van der Waals surface area contributed by atoms with Crippen LogP contribution in [0.1, 0.15) is 24.6 Å². The Labute approximate surface area is 161 Å². The van der Waals surface area contributed by atoms with Crippen LogP contribution in [0.4, 0.5) is 5.13 Å². The molecule has 2 unspecified atom stereocenters. The maximum absolute atomic E-state index is 12.7. The summed E-state index contributed by atoms with van der Waals surface area (Å²) in [5.74, 6) is -1.51. The van der Waals surface area contributed by atoms with Crippen molar-refractivity contribution in [3.63, 3.8) is 0 Å². The van der Waals surface area contributed by atoms with E-state index in [4.69, 9.17) is 5.11 Å². The lowest BCUT2D eigenvalue weighted by Gasteiger charge is -2.21. The van der Waals surface area contributed by atoms with Gasteiger partial charge in [0.1, 0.15) is 0 Å². The zero-order valence-corrected chi connectivity index (χ0v) is 16.5. The van der Waals surface area contributed by atoms with Gasteiger partial charge in [0, 0.05) is 11.5 Å². The van der Waals surface area contributed by atoms with Gasteiger partial charge in [0.2, 0.25) is 5.91 Å². The molecule has 1 heterocycles. The molecule has 10 heteroatoms. The van der Waals surface area contributed by atoms with Gasteiger partial charge < -0.3 is 15.3 Å². The standard InChI is InChI=1S/C17H22N3O5PS/c1-2-8-26(24,25)20-14(9-12-6-4-3-5-7-12)16(23)19-17-18-13(11-27-17)10-15(21)22/h3-7,11,14H,2,8-10H2,1H3,(H,21,22)(H,18,19,23)(H2,20,24,25). The van der Waals surface area contributed by atoms with Crippen LogP contribution in [0, 0.1) is 0 Å². The van der Waals surface area contributed by atoms with Crippen LogP contribution in [-0.2, 0) is 27.0 Å². The lowest BCUT2D eigenvalue weighted by Crippen LogP contribution is -2.41. The fourth-order valence-electron chi connectivity index (χ4n) is 2.45. The number of aromatic nitrogens is 1. The molecule has 2 aromatic rings. The van der Waals surface area contributed by atoms with Crippen LogP contribution >= 0.6 is 18.9 Å². The quantitative estimate of drug-likeness (QED) is 0.442. The van der Waals surface area contributed by atoms with Gasteiger partial charge in [0.25, 0.3) is 7.52 Å². The van der Waals surface area contributed by atoms with Gasteiger partial charge in [-0.2, -0.15) is 0 Å². The molecule has 0 saturated heterocycles. The maximum atomic E-state index is 12.7. The van der Waals surface area contributed by atoms with Gasteiger partial charge >= 0.3 is 5.97 Å². The van der Waals surface area contributed by atoms with Crippen molar-refractivity contribution in [1.29, 1.82) is 0 Å². The summed E-state index contributed by atoms with van der Waals surface area (Å²) in [4.78, 5) is 37.5. The van der Waals surface area contributed by atoms with Crippen LogP contribution in [-0.4, -0.2) is 39.1 Å². The number of carboxylic acid groups (broad SMARTS) is 1. The molecule has 0 bridgehead atoms. The van der Waals surface area contributed by atoms with Crippen LogP contribution in [0.25, 0.3) is 0 Å². The van der Waals surface area contributed by atoms with Gasteiger partial charge in [-0.15, -0.1) is 11.3 Å². The molecule has 2 rings (SSSR count). The molecule has 0 aliphatic heterocycles. The Kier molecular flexibility index (Phi) is 7.67. The third-order valence-corrected chi connectivity index (χ3v) is 6.17. The van der Waals surface area contributed by atoms with E-state index in [0.29, 0.717) is 12.1 Å². The largest absolute Gasteiger partial charge is 0.481 e. The monoisotopic (exact) mass is 411 g/mol. The molecule has 0 saturated carbocycles. The van der Waals surface area contributed by atoms with Crippen LogP contribution < -0.4 is 10.4 Å². The molecule has 4 N–H and O–H groups in total. The number of aliphatic carboxylic acids is 1. The number of carbonyl (C=O) groups is 2. The summed E-state index contributed by atoms with van der Waals surface area (Å²) in [6.45, 7) is 1.79. The van der Waals surface area contributed by atoms with E-state index in [1.54, 1.807) is 12.3 Å². The molecule has 1 aromatic heterocycles. The van der Waals surface area contributed by atoms with E-state index >= 15 is 0 Å². The predicted octanol–water partition coefficient (Wildman–Crippen LogP) is 2.50. The molecule has 1 aromatic carbocycles. The molecule has 0 aliphatic rings. The molecule has 0 spiro atoms. The van der Waals surface area contributed by atoms with Gasteiger partial charge in [-0.1, -0.05) is 37.3 Å². The van der Waals surface area contributed by atoms with Crippen LogP contribution in [0.2, 0.25) is 0 Å². The zero-order chi connectivity index (χ0) is 19.9. The van der Waals surface area contributed by atoms with E-state index in [-0.39, 0.29) is 24.1 Å². The summed E-state index contributed by atoms with van der Waals surface area (Å²) in [5, 5.41) is 15.8. The SMILES string of the molecule is CCCP(=O)(O)NC(Cc1ccccc1)C(=O)Nc1nc(CC(=O)O)cs1. The second kappa shape index (κ2) is 9.75. The molecule has 2 atom stereocenters. The fraction of sp³-hybridized carbons (Fsp3) is 0.353. The number of nitrogens with zero attached hydrogens (tertiary/aromatic N) is 1. The number of anilines is 1. The van der Waals surface area contributed by atoms with Crippen molar-refractivity contribution < 1.29 is 24.2 Å². The lowest BCUT2D eigenvalue weighted by molar-refractivity contribution is -0.136. The van der Waals surface area contributed by atoms with Crippen molar-refractivity contribution in [1.82, 2.24) is 10.1 Å². The van der Waals surface area contributed by atoms with E-state index in [1.807, 2.05) is 30.3 Å². The maximum Gasteiger partial charge on any atom is 0.309 e. The first-order valence-electron chi connectivity index (χ1n) is 8.39. The van der Waals surface area contributed by atoms with E-state index < -0.39 is 25.4 Å². The van der Waals surface area contributed by atoms with Crippen LogP contribution in [0.15, 0.2) is 35.7 Å². The number of carboxylic acids is 1. The number of nitrogens with one attached hydrogen (secondary N) is 2. The minimum Gasteiger partial charge on any atom is -0.481 e. The van der Waals surface area contributed by atoms with Crippen molar-refractivity contribution in [3.05, 3.63) is 47.0 Å². The predicted molar refractivity (Wildman–Crippen MR) is 104 cm³/mol. The summed E-state index contributed by atoms with van der Waals surface area (Å²) in [6, 6.07) is 8.24. The summed E-state index contributed by atoms with van der Waals surface area (Å²) >= 11 is 1.11. The Bertz CT molecular complexity index is 827. The summed E-state index contributed by atoms with van der Waals surface area (Å²) in [5.41, 5.74) is 1.18. The van der Waals surface area contributed by atoms with Gasteiger partial charge in [0.15, 0.2) is 5.13 Å². The van der Waals surface area contributed by atoms with Crippen molar-refractivity contribution in [3.8, 4) is 0 Å². The van der Waals surface area contributed by atoms with Crippen LogP contribution in [0.3, 0.4) is 0 Å². The molecule has 0 fully saturated rings. The second-order valence-electron chi connectivity index (χ2n) is 6.00. The van der Waals surface area contributed by atoms with E-state index in [2.05, 4.69) is 15.4 Å². The van der Waals surface area contributed by atoms with Gasteiger partial charge in [-0.25, -0.2) is 10.1 Å². The number of hydrogen-bond donors (Lipinski definition) is 4. The summed E-state index contributed by atoms with van der Waals surface area (Å²) in [6.07, 6.45) is 0.561. The Morgan fingerprint density at radius 3 is 2.63 bits per heavy atom. The van der Waals surface area contributed by atoms with Crippen molar-refractivity contribution in [2.75, 3.05) is 11.5 Å². The van der Waals surface area contributed by atoms with E-state index in [1.165, 1.54) is 0 Å². The Morgan fingerprint density at radius 1 is 1.30 bits per heavy atom. The first-order chi connectivity index (χ1) is 12.8. The Balaban J connectivity index is 2.13.